The molecule has 0 aromatic carbocycles. The molecule has 0 bridgehead atoms. The topological polar surface area (TPSA) is 85.2 Å². The van der Waals surface area contributed by atoms with Gasteiger partial charge in [-0.3, -0.25) is 14.5 Å². The van der Waals surface area contributed by atoms with Crippen LogP contribution in [0.15, 0.2) is 18.5 Å². The molecule has 20 heavy (non-hydrogen) atoms. The highest BCUT2D eigenvalue weighted by molar-refractivity contribution is 7.91. The Labute approximate surface area is 116 Å². The molecule has 2 aromatic heterocycles. The molecule has 0 radical (unpaired) electrons. The van der Waals surface area contributed by atoms with E-state index in [1.54, 1.807) is 28.9 Å². The minimum atomic E-state index is -2.99. The monoisotopic (exact) mass is 294 g/mol. The molecule has 7 nitrogen and oxygen atoms in total. The number of hydrogen-bond donors (Lipinski definition) is 0. The van der Waals surface area contributed by atoms with Crippen LogP contribution in [-0.4, -0.2) is 58.6 Å². The molecule has 1 fully saturated rings. The fraction of sp³-hybridized carbons (Fsp3) is 0.417. The molecule has 106 valence electrons. The third-order valence-corrected chi connectivity index (χ3v) is 5.09. The zero-order valence-corrected chi connectivity index (χ0v) is 11.8. The molecule has 0 saturated carbocycles. The van der Waals surface area contributed by atoms with E-state index in [-0.39, 0.29) is 30.5 Å². The van der Waals surface area contributed by atoms with Crippen LogP contribution in [0.25, 0.3) is 11.0 Å². The summed E-state index contributed by atoms with van der Waals surface area (Å²) in [6.45, 7) is 0.481. The van der Waals surface area contributed by atoms with Crippen LogP contribution < -0.4 is 0 Å². The van der Waals surface area contributed by atoms with Gasteiger partial charge in [-0.2, -0.15) is 5.10 Å². The molecular weight excluding hydrogens is 280 g/mol. The first-order valence-electron chi connectivity index (χ1n) is 6.24. The van der Waals surface area contributed by atoms with E-state index in [2.05, 4.69) is 10.1 Å². The number of carbonyl (C=O) groups excluding carboxylic acids is 1. The number of nitrogens with zero attached hydrogens (tertiary/aromatic N) is 4. The largest absolute Gasteiger partial charge is 0.337 e. The third-order valence-electron chi connectivity index (χ3n) is 3.48. The average molecular weight is 294 g/mol. The standard InChI is InChI=1S/C12H14N4O3S/c1-15-11-6-9(7-13-10(11)8-14-15)12(17)16-2-4-20(18,19)5-3-16/h6-8H,2-5H2,1H3. The first kappa shape index (κ1) is 13.0. The maximum absolute atomic E-state index is 12.3. The van der Waals surface area contributed by atoms with E-state index in [1.807, 2.05) is 0 Å². The van der Waals surface area contributed by atoms with Gasteiger partial charge in [-0.1, -0.05) is 0 Å². The van der Waals surface area contributed by atoms with E-state index in [4.69, 9.17) is 0 Å². The van der Waals surface area contributed by atoms with Gasteiger partial charge in [0.25, 0.3) is 5.91 Å². The zero-order chi connectivity index (χ0) is 14.3. The molecule has 0 spiro atoms. The number of aromatic nitrogens is 3. The molecule has 3 heterocycles. The Kier molecular flexibility index (Phi) is 2.97. The van der Waals surface area contributed by atoms with Gasteiger partial charge in [-0.15, -0.1) is 0 Å². The number of amides is 1. The van der Waals surface area contributed by atoms with Crippen molar-refractivity contribution < 1.29 is 13.2 Å². The van der Waals surface area contributed by atoms with E-state index in [9.17, 15) is 13.2 Å². The Hall–Kier alpha value is -1.96. The number of rotatable bonds is 1. The minimum absolute atomic E-state index is 0.0279. The van der Waals surface area contributed by atoms with Crippen molar-refractivity contribution in [2.75, 3.05) is 24.6 Å². The summed E-state index contributed by atoms with van der Waals surface area (Å²) in [7, 11) is -1.20. The van der Waals surface area contributed by atoms with Crippen molar-refractivity contribution in [1.82, 2.24) is 19.7 Å². The highest BCUT2D eigenvalue weighted by atomic mass is 32.2. The third kappa shape index (κ3) is 2.26. The quantitative estimate of drug-likeness (QED) is 0.729. The van der Waals surface area contributed by atoms with Crippen LogP contribution in [0.4, 0.5) is 0 Å². The Morgan fingerprint density at radius 3 is 2.65 bits per heavy atom. The smallest absolute Gasteiger partial charge is 0.255 e. The minimum Gasteiger partial charge on any atom is -0.337 e. The van der Waals surface area contributed by atoms with Gasteiger partial charge in [0.05, 0.1) is 28.8 Å². The second kappa shape index (κ2) is 4.55. The van der Waals surface area contributed by atoms with E-state index in [0.717, 1.165) is 11.0 Å². The lowest BCUT2D eigenvalue weighted by Gasteiger charge is -2.26. The average Bonchev–Trinajstić information content (AvgIpc) is 2.79. The summed E-state index contributed by atoms with van der Waals surface area (Å²) in [5.74, 6) is -0.129. The summed E-state index contributed by atoms with van der Waals surface area (Å²) in [4.78, 5) is 18.1. The molecule has 8 heteroatoms. The lowest BCUT2D eigenvalue weighted by Crippen LogP contribution is -2.43. The maximum Gasteiger partial charge on any atom is 0.255 e. The van der Waals surface area contributed by atoms with Gasteiger partial charge in [-0.05, 0) is 6.07 Å². The fourth-order valence-corrected chi connectivity index (χ4v) is 3.44. The van der Waals surface area contributed by atoms with Crippen molar-refractivity contribution in [3.8, 4) is 0 Å². The van der Waals surface area contributed by atoms with Crippen LogP contribution in [-0.2, 0) is 16.9 Å². The highest BCUT2D eigenvalue weighted by Gasteiger charge is 2.26. The maximum atomic E-state index is 12.3. The summed E-state index contributed by atoms with van der Waals surface area (Å²) in [6, 6.07) is 1.74. The molecule has 2 aromatic rings. The summed E-state index contributed by atoms with van der Waals surface area (Å²) >= 11 is 0. The lowest BCUT2D eigenvalue weighted by molar-refractivity contribution is 0.0770. The van der Waals surface area contributed by atoms with Crippen molar-refractivity contribution >= 4 is 26.8 Å². The Bertz CT molecular complexity index is 767. The molecule has 0 atom stereocenters. The number of fused-ring (bicyclic) bond motifs is 1. The van der Waals surface area contributed by atoms with Crippen LogP contribution in [0, 0.1) is 0 Å². The van der Waals surface area contributed by atoms with Crippen LogP contribution >= 0.6 is 0 Å². The lowest BCUT2D eigenvalue weighted by atomic mass is 10.2. The van der Waals surface area contributed by atoms with Crippen LogP contribution in [0.1, 0.15) is 10.4 Å². The van der Waals surface area contributed by atoms with Crippen molar-refractivity contribution in [3.05, 3.63) is 24.0 Å². The Morgan fingerprint density at radius 2 is 1.95 bits per heavy atom. The van der Waals surface area contributed by atoms with E-state index in [1.165, 1.54) is 6.20 Å². The molecule has 0 aliphatic carbocycles. The number of aryl methyl sites for hydroxylation is 1. The molecule has 1 saturated heterocycles. The van der Waals surface area contributed by atoms with Gasteiger partial charge in [0.1, 0.15) is 5.52 Å². The van der Waals surface area contributed by atoms with Crippen molar-refractivity contribution in [2.24, 2.45) is 7.05 Å². The van der Waals surface area contributed by atoms with Gasteiger partial charge in [0.2, 0.25) is 0 Å². The molecular formula is C12H14N4O3S. The second-order valence-electron chi connectivity index (χ2n) is 4.84. The van der Waals surface area contributed by atoms with E-state index < -0.39 is 9.84 Å². The molecule has 3 rings (SSSR count). The normalized spacial score (nSPS) is 18.4. The number of carbonyl (C=O) groups is 1. The van der Waals surface area contributed by atoms with Crippen molar-refractivity contribution in [3.63, 3.8) is 0 Å². The van der Waals surface area contributed by atoms with Crippen LogP contribution in [0.5, 0.6) is 0 Å². The number of sulfone groups is 1. The first-order valence-corrected chi connectivity index (χ1v) is 8.06. The van der Waals surface area contributed by atoms with Gasteiger partial charge < -0.3 is 4.90 Å². The Morgan fingerprint density at radius 1 is 1.25 bits per heavy atom. The van der Waals surface area contributed by atoms with Crippen LogP contribution in [0.3, 0.4) is 0 Å². The molecule has 1 aliphatic heterocycles. The van der Waals surface area contributed by atoms with Gasteiger partial charge in [0, 0.05) is 26.3 Å². The summed E-state index contributed by atoms with van der Waals surface area (Å²) in [5, 5.41) is 4.08. The number of pyridine rings is 1. The molecule has 1 amide bonds. The van der Waals surface area contributed by atoms with Crippen LogP contribution in [0.2, 0.25) is 0 Å². The van der Waals surface area contributed by atoms with E-state index in [0.29, 0.717) is 5.56 Å². The summed E-state index contributed by atoms with van der Waals surface area (Å²) in [5.41, 5.74) is 1.96. The SMILES string of the molecule is Cn1ncc2ncc(C(=O)N3CCS(=O)(=O)CC3)cc21. The fourth-order valence-electron chi connectivity index (χ4n) is 2.24. The second-order valence-corrected chi connectivity index (χ2v) is 7.14. The predicted octanol–water partition coefficient (Wildman–Crippen LogP) is -0.161. The summed E-state index contributed by atoms with van der Waals surface area (Å²) < 4.78 is 24.4. The number of hydrogen-bond acceptors (Lipinski definition) is 5. The van der Waals surface area contributed by atoms with Gasteiger partial charge in [0.15, 0.2) is 9.84 Å². The van der Waals surface area contributed by atoms with E-state index >= 15 is 0 Å². The molecule has 0 unspecified atom stereocenters. The molecule has 0 N–H and O–H groups in total. The highest BCUT2D eigenvalue weighted by Crippen LogP contribution is 2.15. The predicted molar refractivity (Wildman–Crippen MR) is 73.1 cm³/mol. The zero-order valence-electron chi connectivity index (χ0n) is 11.0. The Balaban J connectivity index is 1.87. The van der Waals surface area contributed by atoms with Crippen molar-refractivity contribution in [1.29, 1.82) is 0 Å². The molecule has 1 aliphatic rings. The van der Waals surface area contributed by atoms with Crippen molar-refractivity contribution in [2.45, 2.75) is 0 Å². The first-order chi connectivity index (χ1) is 9.46. The van der Waals surface area contributed by atoms with Gasteiger partial charge in [-0.25, -0.2) is 8.42 Å². The van der Waals surface area contributed by atoms with Gasteiger partial charge >= 0.3 is 0 Å². The summed E-state index contributed by atoms with van der Waals surface area (Å²) in [6.07, 6.45) is 3.15.